The molecule has 6 nitrogen and oxygen atoms in total. The molecule has 158 valence electrons. The first-order valence-electron chi connectivity index (χ1n) is 11.1. The van der Waals surface area contributed by atoms with E-state index in [4.69, 9.17) is 9.47 Å². The summed E-state index contributed by atoms with van der Waals surface area (Å²) in [5.41, 5.74) is 3.21. The van der Waals surface area contributed by atoms with E-state index in [1.54, 1.807) is 17.0 Å². The number of carbonyl (C=O) groups is 1. The van der Waals surface area contributed by atoms with Gasteiger partial charge in [0.05, 0.1) is 13.2 Å². The Kier molecular flexibility index (Phi) is 5.69. The Hall–Kier alpha value is -2.44. The Morgan fingerprint density at radius 3 is 2.57 bits per heavy atom. The lowest BCUT2D eigenvalue weighted by Gasteiger charge is -2.36. The third-order valence-corrected chi connectivity index (χ3v) is 6.57. The number of aromatic nitrogens is 1. The molecule has 0 N–H and O–H groups in total. The molecule has 2 fully saturated rings. The molecular weight excluding hydrogens is 378 g/mol. The number of hydrogen-bond donors (Lipinski definition) is 0. The molecule has 2 aliphatic heterocycles. The fourth-order valence-electron chi connectivity index (χ4n) is 4.54. The van der Waals surface area contributed by atoms with Gasteiger partial charge < -0.3 is 14.4 Å². The number of morpholine rings is 1. The summed E-state index contributed by atoms with van der Waals surface area (Å²) in [7, 11) is 0. The van der Waals surface area contributed by atoms with E-state index in [1.165, 1.54) is 30.4 Å². The molecule has 3 aliphatic rings. The molecule has 1 saturated heterocycles. The van der Waals surface area contributed by atoms with E-state index in [2.05, 4.69) is 22.0 Å². The van der Waals surface area contributed by atoms with Crippen LogP contribution >= 0.6 is 0 Å². The summed E-state index contributed by atoms with van der Waals surface area (Å²) in [4.78, 5) is 21.6. The summed E-state index contributed by atoms with van der Waals surface area (Å²) in [6.45, 7) is 4.65. The van der Waals surface area contributed by atoms with Gasteiger partial charge in [-0.15, -0.1) is 0 Å². The van der Waals surface area contributed by atoms with Gasteiger partial charge in [-0.3, -0.25) is 9.69 Å². The summed E-state index contributed by atoms with van der Waals surface area (Å²) in [6.07, 6.45) is 6.26. The van der Waals surface area contributed by atoms with Crippen LogP contribution in [0.25, 0.3) is 0 Å². The van der Waals surface area contributed by atoms with Crippen molar-refractivity contribution in [2.75, 3.05) is 39.4 Å². The highest BCUT2D eigenvalue weighted by atomic mass is 16.5. The van der Waals surface area contributed by atoms with Gasteiger partial charge in [-0.05, 0) is 55.0 Å². The van der Waals surface area contributed by atoms with Gasteiger partial charge in [-0.1, -0.05) is 18.6 Å². The summed E-state index contributed by atoms with van der Waals surface area (Å²) in [5, 5.41) is 0. The van der Waals surface area contributed by atoms with Gasteiger partial charge in [0, 0.05) is 38.3 Å². The Balaban J connectivity index is 1.27. The van der Waals surface area contributed by atoms with Crippen LogP contribution < -0.4 is 4.74 Å². The maximum Gasteiger partial charge on any atom is 0.272 e. The molecule has 0 unspecified atom stereocenters. The Bertz CT molecular complexity index is 906. The minimum Gasteiger partial charge on any atom is -0.439 e. The Labute approximate surface area is 177 Å². The second kappa shape index (κ2) is 8.74. The highest BCUT2D eigenvalue weighted by molar-refractivity contribution is 5.92. The van der Waals surface area contributed by atoms with Gasteiger partial charge in [0.25, 0.3) is 5.91 Å². The molecule has 5 rings (SSSR count). The number of fused-ring (bicyclic) bond motifs is 1. The van der Waals surface area contributed by atoms with Crippen molar-refractivity contribution in [2.45, 2.75) is 38.1 Å². The van der Waals surface area contributed by atoms with Crippen LogP contribution in [-0.4, -0.2) is 66.1 Å². The van der Waals surface area contributed by atoms with Crippen LogP contribution in [0.5, 0.6) is 11.6 Å². The van der Waals surface area contributed by atoms with Crippen molar-refractivity contribution in [3.8, 4) is 11.6 Å². The minimum absolute atomic E-state index is 0.0678. The maximum atomic E-state index is 12.7. The molecule has 1 aromatic heterocycles. The van der Waals surface area contributed by atoms with Crippen molar-refractivity contribution in [2.24, 2.45) is 0 Å². The average Bonchev–Trinajstić information content (AvgIpc) is 2.95. The molecular formula is C24H29N3O3. The molecule has 0 radical (unpaired) electrons. The number of benzene rings is 1. The number of rotatable bonds is 4. The van der Waals surface area contributed by atoms with Crippen LogP contribution in [0, 0.1) is 0 Å². The Morgan fingerprint density at radius 2 is 1.80 bits per heavy atom. The van der Waals surface area contributed by atoms with Crippen molar-refractivity contribution in [1.29, 1.82) is 0 Å². The van der Waals surface area contributed by atoms with Gasteiger partial charge in [-0.25, -0.2) is 4.98 Å². The molecule has 30 heavy (non-hydrogen) atoms. The summed E-state index contributed by atoms with van der Waals surface area (Å²) in [6, 6.07) is 12.5. The van der Waals surface area contributed by atoms with Crippen molar-refractivity contribution in [3.05, 3.63) is 53.2 Å². The number of amides is 1. The standard InChI is InChI=1S/C24H29N3O3/c28-24(27-13-15-29-16-14-27)22-5-2-6-23(25-22)30-21-8-7-18-9-11-26(20-3-1-4-20)12-10-19(18)17-21/h2,5-8,17,20H,1,3-4,9-16H2. The summed E-state index contributed by atoms with van der Waals surface area (Å²) >= 11 is 0. The third kappa shape index (κ3) is 4.20. The lowest BCUT2D eigenvalue weighted by Crippen LogP contribution is -2.41. The van der Waals surface area contributed by atoms with Crippen LogP contribution in [0.1, 0.15) is 40.9 Å². The maximum absolute atomic E-state index is 12.7. The van der Waals surface area contributed by atoms with Crippen molar-refractivity contribution >= 4 is 5.91 Å². The van der Waals surface area contributed by atoms with Crippen molar-refractivity contribution in [3.63, 3.8) is 0 Å². The Morgan fingerprint density at radius 1 is 1.00 bits per heavy atom. The minimum atomic E-state index is -0.0678. The first-order chi connectivity index (χ1) is 14.8. The zero-order valence-corrected chi connectivity index (χ0v) is 17.4. The average molecular weight is 408 g/mol. The largest absolute Gasteiger partial charge is 0.439 e. The lowest BCUT2D eigenvalue weighted by molar-refractivity contribution is 0.0298. The number of carbonyl (C=O) groups excluding carboxylic acids is 1. The molecule has 0 spiro atoms. The summed E-state index contributed by atoms with van der Waals surface area (Å²) < 4.78 is 11.4. The van der Waals surface area contributed by atoms with Crippen LogP contribution in [-0.2, 0) is 17.6 Å². The van der Waals surface area contributed by atoms with Gasteiger partial charge in [0.15, 0.2) is 0 Å². The van der Waals surface area contributed by atoms with E-state index in [-0.39, 0.29) is 5.91 Å². The first-order valence-corrected chi connectivity index (χ1v) is 11.1. The monoisotopic (exact) mass is 407 g/mol. The lowest BCUT2D eigenvalue weighted by atomic mass is 9.91. The van der Waals surface area contributed by atoms with E-state index in [9.17, 15) is 4.79 Å². The zero-order chi connectivity index (χ0) is 20.3. The van der Waals surface area contributed by atoms with E-state index in [0.29, 0.717) is 37.9 Å². The molecule has 1 aromatic carbocycles. The highest BCUT2D eigenvalue weighted by Crippen LogP contribution is 2.29. The normalized spacial score (nSPS) is 20.2. The second-order valence-corrected chi connectivity index (χ2v) is 8.42. The predicted molar refractivity (Wildman–Crippen MR) is 114 cm³/mol. The first kappa shape index (κ1) is 19.5. The fourth-order valence-corrected chi connectivity index (χ4v) is 4.54. The molecule has 3 heterocycles. The molecule has 1 aliphatic carbocycles. The fraction of sp³-hybridized carbons (Fsp3) is 0.500. The number of pyridine rings is 1. The topological polar surface area (TPSA) is 54.9 Å². The molecule has 6 heteroatoms. The quantitative estimate of drug-likeness (QED) is 0.778. The number of hydrogen-bond acceptors (Lipinski definition) is 5. The van der Waals surface area contributed by atoms with Crippen molar-refractivity contribution in [1.82, 2.24) is 14.8 Å². The number of ether oxygens (including phenoxy) is 2. The SMILES string of the molecule is O=C(c1cccc(Oc2ccc3c(c2)CCN(C2CCC2)CC3)n1)N1CCOCC1. The van der Waals surface area contributed by atoms with E-state index in [0.717, 1.165) is 37.7 Å². The molecule has 1 amide bonds. The van der Waals surface area contributed by atoms with E-state index in [1.807, 2.05) is 12.1 Å². The smallest absolute Gasteiger partial charge is 0.272 e. The van der Waals surface area contributed by atoms with E-state index < -0.39 is 0 Å². The third-order valence-electron chi connectivity index (χ3n) is 6.57. The molecule has 2 aromatic rings. The van der Waals surface area contributed by atoms with Crippen LogP contribution in [0.4, 0.5) is 0 Å². The van der Waals surface area contributed by atoms with Gasteiger partial charge in [0.1, 0.15) is 11.4 Å². The van der Waals surface area contributed by atoms with Gasteiger partial charge in [-0.2, -0.15) is 0 Å². The summed E-state index contributed by atoms with van der Waals surface area (Å²) in [5.74, 6) is 1.18. The van der Waals surface area contributed by atoms with Crippen molar-refractivity contribution < 1.29 is 14.3 Å². The second-order valence-electron chi connectivity index (χ2n) is 8.42. The van der Waals surface area contributed by atoms with Crippen LogP contribution in [0.15, 0.2) is 36.4 Å². The van der Waals surface area contributed by atoms with E-state index >= 15 is 0 Å². The molecule has 1 saturated carbocycles. The number of nitrogens with zero attached hydrogens (tertiary/aromatic N) is 3. The van der Waals surface area contributed by atoms with Crippen LogP contribution in [0.2, 0.25) is 0 Å². The highest BCUT2D eigenvalue weighted by Gasteiger charge is 2.26. The molecule has 0 atom stereocenters. The van der Waals surface area contributed by atoms with Crippen LogP contribution in [0.3, 0.4) is 0 Å². The van der Waals surface area contributed by atoms with Gasteiger partial charge >= 0.3 is 0 Å². The zero-order valence-electron chi connectivity index (χ0n) is 17.4. The van der Waals surface area contributed by atoms with Gasteiger partial charge in [0.2, 0.25) is 5.88 Å². The molecule has 0 bridgehead atoms. The predicted octanol–water partition coefficient (Wildman–Crippen LogP) is 3.30.